The quantitative estimate of drug-likeness (QED) is 0.605. The van der Waals surface area contributed by atoms with E-state index in [4.69, 9.17) is 10.5 Å². The highest BCUT2D eigenvalue weighted by molar-refractivity contribution is 5.92. The van der Waals surface area contributed by atoms with Gasteiger partial charge in [-0.15, -0.1) is 0 Å². The molecule has 0 unspecified atom stereocenters. The minimum atomic E-state index is -0.510. The van der Waals surface area contributed by atoms with Gasteiger partial charge in [-0.3, -0.25) is 0 Å². The van der Waals surface area contributed by atoms with E-state index in [1.54, 1.807) is 6.92 Å². The molecule has 0 heterocycles. The van der Waals surface area contributed by atoms with Crippen LogP contribution in [0, 0.1) is 17.7 Å². The highest BCUT2D eigenvalue weighted by Crippen LogP contribution is 2.11. The first-order chi connectivity index (χ1) is 7.69. The van der Waals surface area contributed by atoms with Crippen LogP contribution >= 0.6 is 0 Å². The molecule has 16 heavy (non-hydrogen) atoms. The fourth-order valence-corrected chi connectivity index (χ4v) is 1.15. The molecule has 0 spiro atoms. The maximum Gasteiger partial charge on any atom is 0.339 e. The summed E-state index contributed by atoms with van der Waals surface area (Å²) in [4.78, 5) is 11.5. The van der Waals surface area contributed by atoms with Gasteiger partial charge in [0.15, 0.2) is 0 Å². The number of hydrogen-bond acceptors (Lipinski definition) is 3. The summed E-state index contributed by atoms with van der Waals surface area (Å²) < 4.78 is 17.8. The standard InChI is InChI=1S/C12H12FNO2/c1-2-16-12(15)11-6-5-10(13)8-9(11)4-3-7-14/h5-6,8H,2,7,14H2,1H3. The van der Waals surface area contributed by atoms with Gasteiger partial charge in [-0.25, -0.2) is 9.18 Å². The lowest BCUT2D eigenvalue weighted by Gasteiger charge is -2.04. The van der Waals surface area contributed by atoms with E-state index in [9.17, 15) is 9.18 Å². The van der Waals surface area contributed by atoms with Crippen molar-refractivity contribution >= 4 is 5.97 Å². The van der Waals surface area contributed by atoms with Crippen LogP contribution in [0.15, 0.2) is 18.2 Å². The molecule has 1 rings (SSSR count). The zero-order valence-corrected chi connectivity index (χ0v) is 8.92. The molecule has 0 aromatic heterocycles. The number of esters is 1. The molecule has 0 bridgehead atoms. The van der Waals surface area contributed by atoms with Crippen LogP contribution in [0.4, 0.5) is 4.39 Å². The summed E-state index contributed by atoms with van der Waals surface area (Å²) >= 11 is 0. The van der Waals surface area contributed by atoms with Crippen LogP contribution in [-0.2, 0) is 4.74 Å². The van der Waals surface area contributed by atoms with E-state index in [0.29, 0.717) is 5.56 Å². The molecule has 0 aliphatic carbocycles. The number of halogens is 1. The van der Waals surface area contributed by atoms with Crippen molar-refractivity contribution in [3.63, 3.8) is 0 Å². The summed E-state index contributed by atoms with van der Waals surface area (Å²) in [5.74, 6) is 4.25. The van der Waals surface area contributed by atoms with E-state index in [1.165, 1.54) is 18.2 Å². The molecule has 0 amide bonds. The molecule has 0 saturated carbocycles. The van der Waals surface area contributed by atoms with Gasteiger partial charge in [-0.2, -0.15) is 0 Å². The van der Waals surface area contributed by atoms with Crippen molar-refractivity contribution in [2.45, 2.75) is 6.92 Å². The Morgan fingerprint density at radius 3 is 2.94 bits per heavy atom. The van der Waals surface area contributed by atoms with Crippen LogP contribution in [-0.4, -0.2) is 19.1 Å². The van der Waals surface area contributed by atoms with E-state index >= 15 is 0 Å². The van der Waals surface area contributed by atoms with Gasteiger partial charge in [0.1, 0.15) is 5.82 Å². The molecule has 84 valence electrons. The summed E-state index contributed by atoms with van der Waals surface area (Å²) in [5, 5.41) is 0. The van der Waals surface area contributed by atoms with E-state index in [0.717, 1.165) is 0 Å². The smallest absolute Gasteiger partial charge is 0.339 e. The zero-order valence-electron chi connectivity index (χ0n) is 8.92. The lowest BCUT2D eigenvalue weighted by Crippen LogP contribution is -2.07. The summed E-state index contributed by atoms with van der Waals surface area (Å²) in [5.41, 5.74) is 5.76. The average molecular weight is 221 g/mol. The molecule has 0 atom stereocenters. The Morgan fingerprint density at radius 2 is 2.31 bits per heavy atom. The van der Waals surface area contributed by atoms with Crippen molar-refractivity contribution in [3.8, 4) is 11.8 Å². The summed E-state index contributed by atoms with van der Waals surface area (Å²) in [7, 11) is 0. The van der Waals surface area contributed by atoms with Gasteiger partial charge in [0.2, 0.25) is 0 Å². The van der Waals surface area contributed by atoms with Crippen LogP contribution in [0.25, 0.3) is 0 Å². The highest BCUT2D eigenvalue weighted by Gasteiger charge is 2.11. The summed E-state index contributed by atoms with van der Waals surface area (Å²) in [6.45, 7) is 2.12. The predicted molar refractivity (Wildman–Crippen MR) is 58.3 cm³/mol. The summed E-state index contributed by atoms with van der Waals surface area (Å²) in [6.07, 6.45) is 0. The van der Waals surface area contributed by atoms with E-state index in [1.807, 2.05) is 0 Å². The highest BCUT2D eigenvalue weighted by atomic mass is 19.1. The van der Waals surface area contributed by atoms with Crippen molar-refractivity contribution in [2.75, 3.05) is 13.2 Å². The molecule has 0 fully saturated rings. The topological polar surface area (TPSA) is 52.3 Å². The zero-order chi connectivity index (χ0) is 12.0. The van der Waals surface area contributed by atoms with E-state index < -0.39 is 11.8 Å². The molecule has 0 aliphatic heterocycles. The van der Waals surface area contributed by atoms with Gasteiger partial charge in [-0.1, -0.05) is 11.8 Å². The Bertz CT molecular complexity index is 446. The van der Waals surface area contributed by atoms with Gasteiger partial charge < -0.3 is 10.5 Å². The Labute approximate surface area is 93.4 Å². The minimum Gasteiger partial charge on any atom is -0.462 e. The molecule has 1 aromatic carbocycles. The molecule has 2 N–H and O–H groups in total. The maximum atomic E-state index is 13.0. The first-order valence-electron chi connectivity index (χ1n) is 4.84. The number of hydrogen-bond donors (Lipinski definition) is 1. The van der Waals surface area contributed by atoms with Crippen LogP contribution in [0.3, 0.4) is 0 Å². The normalized spacial score (nSPS) is 9.19. The second-order valence-corrected chi connectivity index (χ2v) is 2.92. The number of carbonyl (C=O) groups excluding carboxylic acids is 1. The number of benzene rings is 1. The van der Waals surface area contributed by atoms with Crippen molar-refractivity contribution in [1.29, 1.82) is 0 Å². The molecule has 4 heteroatoms. The Morgan fingerprint density at radius 1 is 1.56 bits per heavy atom. The molecule has 0 radical (unpaired) electrons. The van der Waals surface area contributed by atoms with Gasteiger partial charge in [0.25, 0.3) is 0 Å². The van der Waals surface area contributed by atoms with Gasteiger partial charge in [0.05, 0.1) is 18.7 Å². The maximum absolute atomic E-state index is 13.0. The Balaban J connectivity index is 3.12. The third-order valence-electron chi connectivity index (χ3n) is 1.80. The number of rotatable bonds is 2. The van der Waals surface area contributed by atoms with E-state index in [-0.39, 0.29) is 18.7 Å². The molecule has 0 saturated heterocycles. The van der Waals surface area contributed by atoms with Crippen LogP contribution in [0.1, 0.15) is 22.8 Å². The fraction of sp³-hybridized carbons (Fsp3) is 0.250. The Kier molecular flexibility index (Phi) is 4.49. The largest absolute Gasteiger partial charge is 0.462 e. The molecule has 3 nitrogen and oxygen atoms in total. The van der Waals surface area contributed by atoms with E-state index in [2.05, 4.69) is 11.8 Å². The fourth-order valence-electron chi connectivity index (χ4n) is 1.15. The third kappa shape index (κ3) is 3.07. The van der Waals surface area contributed by atoms with Crippen LogP contribution in [0.5, 0.6) is 0 Å². The van der Waals surface area contributed by atoms with Crippen LogP contribution in [0.2, 0.25) is 0 Å². The van der Waals surface area contributed by atoms with Crippen molar-refractivity contribution < 1.29 is 13.9 Å². The number of carbonyl (C=O) groups is 1. The van der Waals surface area contributed by atoms with Crippen LogP contribution < -0.4 is 5.73 Å². The van der Waals surface area contributed by atoms with Crippen molar-refractivity contribution in [3.05, 3.63) is 35.1 Å². The third-order valence-corrected chi connectivity index (χ3v) is 1.80. The Hall–Kier alpha value is -1.86. The second kappa shape index (κ2) is 5.89. The van der Waals surface area contributed by atoms with Crippen molar-refractivity contribution in [1.82, 2.24) is 0 Å². The minimum absolute atomic E-state index is 0.152. The lowest BCUT2D eigenvalue weighted by atomic mass is 10.1. The summed E-state index contributed by atoms with van der Waals surface area (Å²) in [6, 6.07) is 3.74. The van der Waals surface area contributed by atoms with Gasteiger partial charge in [0, 0.05) is 5.56 Å². The van der Waals surface area contributed by atoms with Gasteiger partial charge >= 0.3 is 5.97 Å². The SMILES string of the molecule is CCOC(=O)c1ccc(F)cc1C#CCN. The first kappa shape index (κ1) is 12.2. The molecule has 0 aliphatic rings. The first-order valence-corrected chi connectivity index (χ1v) is 4.84. The molecular weight excluding hydrogens is 209 g/mol. The second-order valence-electron chi connectivity index (χ2n) is 2.92. The molecular formula is C12H12FNO2. The lowest BCUT2D eigenvalue weighted by molar-refractivity contribution is 0.0526. The predicted octanol–water partition coefficient (Wildman–Crippen LogP) is 1.31. The average Bonchev–Trinajstić information content (AvgIpc) is 2.26. The number of ether oxygens (including phenoxy) is 1. The van der Waals surface area contributed by atoms with Crippen molar-refractivity contribution in [2.24, 2.45) is 5.73 Å². The van der Waals surface area contributed by atoms with Gasteiger partial charge in [-0.05, 0) is 25.1 Å². The monoisotopic (exact) mass is 221 g/mol. The molecule has 1 aromatic rings. The number of nitrogens with two attached hydrogens (primary N) is 1.